The molecule has 0 spiro atoms. The molecule has 2 atom stereocenters. The minimum absolute atomic E-state index is 0.0371. The molecule has 0 fully saturated rings. The molecule has 0 aliphatic heterocycles. The molecule has 1 aliphatic carbocycles. The van der Waals surface area contributed by atoms with Gasteiger partial charge in [0.05, 0.1) is 92.0 Å². The molecule has 13 heteroatoms. The lowest BCUT2D eigenvalue weighted by Crippen LogP contribution is -2.15. The van der Waals surface area contributed by atoms with E-state index in [4.69, 9.17) is 43.0 Å². The summed E-state index contributed by atoms with van der Waals surface area (Å²) < 4.78 is 44.3. The molecule has 0 bridgehead atoms. The number of allylic oxidation sites excluding steroid dienone is 2. The van der Waals surface area contributed by atoms with Crippen LogP contribution in [0.2, 0.25) is 0 Å². The summed E-state index contributed by atoms with van der Waals surface area (Å²) in [4.78, 5) is 35.2. The predicted octanol–water partition coefficient (Wildman–Crippen LogP) is 4.68. The topological polar surface area (TPSA) is 166 Å². The maximum absolute atomic E-state index is 12.3. The van der Waals surface area contributed by atoms with Gasteiger partial charge in [0.15, 0.2) is 11.6 Å². The molecule has 0 radical (unpaired) electrons. The number of carbonyl (C=O) groups excluding carboxylic acids is 2. The van der Waals surface area contributed by atoms with E-state index in [9.17, 15) is 19.5 Å². The number of ketones is 2. The van der Waals surface area contributed by atoms with Gasteiger partial charge in [0.2, 0.25) is 0 Å². The number of ether oxygens (including phenoxy) is 8. The molecule has 0 saturated heterocycles. The minimum atomic E-state index is -0.802. The zero-order valence-corrected chi connectivity index (χ0v) is 31.6. The first-order chi connectivity index (χ1) is 25.3. The summed E-state index contributed by atoms with van der Waals surface area (Å²) in [6.45, 7) is 13.9. The summed E-state index contributed by atoms with van der Waals surface area (Å²) in [7, 11) is 0. The van der Waals surface area contributed by atoms with E-state index in [1.165, 1.54) is 12.2 Å². The number of aliphatic hydroxyl groups is 1. The Morgan fingerprint density at radius 3 is 1.63 bits per heavy atom. The van der Waals surface area contributed by atoms with Crippen LogP contribution in [-0.4, -0.2) is 140 Å². The maximum Gasteiger partial charge on any atom is 0.303 e. The van der Waals surface area contributed by atoms with Crippen LogP contribution < -0.4 is 0 Å². The molecule has 0 aromatic carbocycles. The fourth-order valence-corrected chi connectivity index (χ4v) is 5.06. The van der Waals surface area contributed by atoms with E-state index in [0.29, 0.717) is 136 Å². The Bertz CT molecular complexity index is 997. The van der Waals surface area contributed by atoms with Crippen LogP contribution in [0.25, 0.3) is 0 Å². The number of aliphatic carboxylic acids is 1. The van der Waals surface area contributed by atoms with Crippen LogP contribution in [0.5, 0.6) is 0 Å². The van der Waals surface area contributed by atoms with Crippen molar-refractivity contribution in [1.82, 2.24) is 0 Å². The number of aliphatic hydroxyl groups excluding tert-OH is 1. The average Bonchev–Trinajstić information content (AvgIpc) is 3.13. The Morgan fingerprint density at radius 1 is 0.654 bits per heavy atom. The third-order valence-electron chi connectivity index (χ3n) is 8.11. The van der Waals surface area contributed by atoms with E-state index < -0.39 is 12.1 Å². The first-order valence-corrected chi connectivity index (χ1v) is 19.0. The van der Waals surface area contributed by atoms with E-state index in [1.54, 1.807) is 6.08 Å². The van der Waals surface area contributed by atoms with Gasteiger partial charge in [-0.25, -0.2) is 0 Å². The quantitative estimate of drug-likeness (QED) is 0.0659. The van der Waals surface area contributed by atoms with Gasteiger partial charge < -0.3 is 48.1 Å². The number of carboxylic acids is 1. The van der Waals surface area contributed by atoms with E-state index in [-0.39, 0.29) is 23.9 Å². The van der Waals surface area contributed by atoms with Gasteiger partial charge in [-0.05, 0) is 86.7 Å². The number of carbonyl (C=O) groups is 3. The SMILES string of the molecule is C=C(CCOCCOCCOCCOCCC(CCOCCOCCOCCOCCC)CCC(=O)O)C(=O)CCCCCC1=CC(O)C=CC1=O. The predicted molar refractivity (Wildman–Crippen MR) is 197 cm³/mol. The summed E-state index contributed by atoms with van der Waals surface area (Å²) in [6.07, 6.45) is 10.9. The van der Waals surface area contributed by atoms with Crippen LogP contribution in [0.3, 0.4) is 0 Å². The van der Waals surface area contributed by atoms with Crippen LogP contribution in [0.1, 0.15) is 77.6 Å². The molecule has 13 nitrogen and oxygen atoms in total. The molecule has 1 rings (SSSR count). The summed E-state index contributed by atoms with van der Waals surface area (Å²) >= 11 is 0. The first-order valence-electron chi connectivity index (χ1n) is 19.0. The van der Waals surface area contributed by atoms with E-state index in [1.807, 2.05) is 0 Å². The van der Waals surface area contributed by atoms with E-state index >= 15 is 0 Å². The molecule has 0 saturated carbocycles. The van der Waals surface area contributed by atoms with Crippen molar-refractivity contribution in [2.75, 3.05) is 106 Å². The summed E-state index contributed by atoms with van der Waals surface area (Å²) in [5.74, 6) is -0.618. The van der Waals surface area contributed by atoms with Gasteiger partial charge in [0.1, 0.15) is 0 Å². The van der Waals surface area contributed by atoms with Gasteiger partial charge in [-0.3, -0.25) is 14.4 Å². The highest BCUT2D eigenvalue weighted by Crippen LogP contribution is 2.18. The molecule has 1 aliphatic rings. The maximum atomic E-state index is 12.3. The van der Waals surface area contributed by atoms with Crippen LogP contribution >= 0.6 is 0 Å². The lowest BCUT2D eigenvalue weighted by Gasteiger charge is -2.16. The number of carboxylic acid groups (broad SMARTS) is 1. The normalized spacial score (nSPS) is 14.8. The Morgan fingerprint density at radius 2 is 1.13 bits per heavy atom. The number of rotatable bonds is 39. The summed E-state index contributed by atoms with van der Waals surface area (Å²) in [6, 6.07) is 0. The Labute approximate surface area is 311 Å². The second kappa shape index (κ2) is 34.4. The van der Waals surface area contributed by atoms with Crippen molar-refractivity contribution in [2.45, 2.75) is 83.7 Å². The highest BCUT2D eigenvalue weighted by Gasteiger charge is 2.14. The number of hydrogen-bond donors (Lipinski definition) is 2. The zero-order chi connectivity index (χ0) is 37.9. The fourth-order valence-electron chi connectivity index (χ4n) is 5.06. The largest absolute Gasteiger partial charge is 0.481 e. The molecule has 2 N–H and O–H groups in total. The second-order valence-electron chi connectivity index (χ2n) is 12.5. The van der Waals surface area contributed by atoms with Gasteiger partial charge >= 0.3 is 5.97 Å². The Balaban J connectivity index is 1.92. The van der Waals surface area contributed by atoms with Crippen LogP contribution in [-0.2, 0) is 52.3 Å². The molecule has 0 heterocycles. The highest BCUT2D eigenvalue weighted by molar-refractivity contribution is 6.05. The van der Waals surface area contributed by atoms with Gasteiger partial charge in [-0.2, -0.15) is 0 Å². The van der Waals surface area contributed by atoms with Gasteiger partial charge in [-0.15, -0.1) is 0 Å². The summed E-state index contributed by atoms with van der Waals surface area (Å²) in [5.41, 5.74) is 1.19. The molecular formula is C39H66O13. The fraction of sp³-hybridized carbons (Fsp3) is 0.769. The van der Waals surface area contributed by atoms with Crippen molar-refractivity contribution in [1.29, 1.82) is 0 Å². The van der Waals surface area contributed by atoms with E-state index in [2.05, 4.69) is 13.5 Å². The van der Waals surface area contributed by atoms with Crippen molar-refractivity contribution in [3.8, 4) is 0 Å². The third kappa shape index (κ3) is 29.2. The average molecular weight is 743 g/mol. The lowest BCUT2D eigenvalue weighted by molar-refractivity contribution is -0.137. The first kappa shape index (κ1) is 47.7. The molecule has 0 aromatic heterocycles. The van der Waals surface area contributed by atoms with Gasteiger partial charge in [0, 0.05) is 32.7 Å². The monoisotopic (exact) mass is 742 g/mol. The van der Waals surface area contributed by atoms with Crippen molar-refractivity contribution in [2.24, 2.45) is 5.92 Å². The van der Waals surface area contributed by atoms with Crippen LogP contribution in [0, 0.1) is 5.92 Å². The zero-order valence-electron chi connectivity index (χ0n) is 31.6. The second-order valence-corrected chi connectivity index (χ2v) is 12.5. The molecule has 0 amide bonds. The molecule has 2 unspecified atom stereocenters. The third-order valence-corrected chi connectivity index (χ3v) is 8.11. The van der Waals surface area contributed by atoms with Crippen molar-refractivity contribution in [3.63, 3.8) is 0 Å². The highest BCUT2D eigenvalue weighted by atomic mass is 16.6. The standard InChI is InChI=1S/C39H66O13/c1-3-16-45-20-24-49-28-29-51-26-22-47-18-14-34(9-12-39(43)44)15-19-48-23-27-52-31-30-50-25-21-46-17-13-33(2)37(41)8-6-4-5-7-35-32-36(40)10-11-38(35)42/h10-11,32,34,36,40H,2-9,12-31H2,1H3,(H,43,44). The van der Waals surface area contributed by atoms with Crippen molar-refractivity contribution < 1.29 is 62.5 Å². The van der Waals surface area contributed by atoms with Crippen LogP contribution in [0.15, 0.2) is 36.0 Å². The van der Waals surface area contributed by atoms with Gasteiger partial charge in [0.25, 0.3) is 0 Å². The number of unbranched alkanes of at least 4 members (excludes halogenated alkanes) is 2. The number of hydrogen-bond acceptors (Lipinski definition) is 12. The smallest absolute Gasteiger partial charge is 0.303 e. The molecule has 300 valence electrons. The molecule has 52 heavy (non-hydrogen) atoms. The van der Waals surface area contributed by atoms with Gasteiger partial charge in [-0.1, -0.05) is 19.9 Å². The number of Topliss-reactive ketones (excluding diaryl/α,β-unsaturated/α-hetero) is 1. The van der Waals surface area contributed by atoms with Crippen molar-refractivity contribution in [3.05, 3.63) is 36.0 Å². The minimum Gasteiger partial charge on any atom is -0.481 e. The lowest BCUT2D eigenvalue weighted by atomic mass is 9.96. The van der Waals surface area contributed by atoms with Crippen molar-refractivity contribution >= 4 is 17.5 Å². The Hall–Kier alpha value is -2.33. The van der Waals surface area contributed by atoms with Crippen LogP contribution in [0.4, 0.5) is 0 Å². The molecular weight excluding hydrogens is 676 g/mol. The summed E-state index contributed by atoms with van der Waals surface area (Å²) in [5, 5.41) is 18.7. The molecule has 0 aromatic rings. The Kier molecular flexibility index (Phi) is 31.6. The van der Waals surface area contributed by atoms with E-state index in [0.717, 1.165) is 45.1 Å².